The molecular weight excluding hydrogens is 598 g/mol. The molecule has 0 heterocycles. The Morgan fingerprint density at radius 2 is 0.979 bits per heavy atom. The van der Waals surface area contributed by atoms with E-state index in [0.29, 0.717) is 12.8 Å². The van der Waals surface area contributed by atoms with E-state index in [0.717, 1.165) is 83.5 Å². The summed E-state index contributed by atoms with van der Waals surface area (Å²) in [6.45, 7) is 4.09. The monoisotopic (exact) mass is 670 g/mol. The number of hydrogen-bond donors (Lipinski definition) is 2. The molecule has 0 rings (SSSR count). The zero-order valence-electron chi connectivity index (χ0n) is 30.8. The Morgan fingerprint density at radius 3 is 1.44 bits per heavy atom. The van der Waals surface area contributed by atoms with Crippen LogP contribution < -0.4 is 5.32 Å². The summed E-state index contributed by atoms with van der Waals surface area (Å²) in [6.07, 6.45) is 47.8. The average Bonchev–Trinajstić information content (AvgIpc) is 3.07. The van der Waals surface area contributed by atoms with E-state index in [4.69, 9.17) is 9.84 Å². The first-order chi connectivity index (χ1) is 23.5. The van der Waals surface area contributed by atoms with Crippen LogP contribution in [0, 0.1) is 0 Å². The highest BCUT2D eigenvalue weighted by Crippen LogP contribution is 2.18. The predicted molar refractivity (Wildman–Crippen MR) is 203 cm³/mol. The number of nitrogens with one attached hydrogen (secondary N) is 1. The van der Waals surface area contributed by atoms with E-state index in [1.54, 1.807) is 0 Å². The predicted octanol–water partition coefficient (Wildman–Crippen LogP) is 11.7. The van der Waals surface area contributed by atoms with Crippen LogP contribution in [0.4, 0.5) is 0 Å². The summed E-state index contributed by atoms with van der Waals surface area (Å²) in [5.41, 5.74) is 0. The first kappa shape index (κ1) is 45.1. The zero-order valence-corrected chi connectivity index (χ0v) is 30.8. The number of carbonyl (C=O) groups is 3. The van der Waals surface area contributed by atoms with Crippen molar-refractivity contribution in [1.29, 1.82) is 0 Å². The molecule has 6 nitrogen and oxygen atoms in total. The van der Waals surface area contributed by atoms with Gasteiger partial charge in [0, 0.05) is 6.42 Å². The molecule has 0 aromatic rings. The summed E-state index contributed by atoms with van der Waals surface area (Å²) in [4.78, 5) is 34.9. The number of ether oxygens (including phenoxy) is 1. The normalized spacial score (nSPS) is 12.7. The van der Waals surface area contributed by atoms with Crippen molar-refractivity contribution < 1.29 is 24.2 Å². The van der Waals surface area contributed by atoms with Crippen LogP contribution in [0.1, 0.15) is 174 Å². The van der Waals surface area contributed by atoms with Gasteiger partial charge in [0.25, 0.3) is 0 Å². The minimum absolute atomic E-state index is 0.0272. The van der Waals surface area contributed by atoms with Crippen molar-refractivity contribution in [3.8, 4) is 0 Å². The van der Waals surface area contributed by atoms with Gasteiger partial charge in [-0.15, -0.1) is 0 Å². The molecule has 0 radical (unpaired) electrons. The SMILES string of the molecule is CC/C=C\C/C=C\C/C=C\C/C=C\C/C=C\CC(=O)OC(CCCCCCCCCCCCC)CCCCCCCC(=O)NCC(=O)O. The van der Waals surface area contributed by atoms with Gasteiger partial charge in [0.15, 0.2) is 0 Å². The summed E-state index contributed by atoms with van der Waals surface area (Å²) < 4.78 is 5.94. The number of aliphatic carboxylic acids is 1. The topological polar surface area (TPSA) is 92.7 Å². The maximum atomic E-state index is 12.6. The number of unbranched alkanes of at least 4 members (excludes halogenated alkanes) is 14. The highest BCUT2D eigenvalue weighted by Gasteiger charge is 2.13. The molecule has 1 amide bonds. The van der Waals surface area contributed by atoms with Crippen LogP contribution in [-0.2, 0) is 19.1 Å². The molecule has 0 fully saturated rings. The summed E-state index contributed by atoms with van der Waals surface area (Å²) in [6, 6.07) is 0. The van der Waals surface area contributed by atoms with Gasteiger partial charge in [-0.05, 0) is 64.2 Å². The van der Waals surface area contributed by atoms with Crippen molar-refractivity contribution in [3.05, 3.63) is 60.8 Å². The maximum Gasteiger partial charge on any atom is 0.322 e. The molecule has 0 bridgehead atoms. The lowest BCUT2D eigenvalue weighted by Gasteiger charge is -2.18. The third-order valence-electron chi connectivity index (χ3n) is 8.24. The molecule has 0 saturated heterocycles. The Labute approximate surface area is 294 Å². The maximum absolute atomic E-state index is 12.6. The second kappa shape index (κ2) is 36.9. The third kappa shape index (κ3) is 36.0. The van der Waals surface area contributed by atoms with E-state index in [-0.39, 0.29) is 24.5 Å². The molecular formula is C42H71NO5. The van der Waals surface area contributed by atoms with Gasteiger partial charge in [0.05, 0.1) is 6.42 Å². The smallest absolute Gasteiger partial charge is 0.322 e. The standard InChI is InChI=1S/C42H71NO5/c1-3-5-7-9-11-13-15-16-17-18-20-22-24-29-33-37-42(47)48-39(34-30-26-23-21-19-14-12-10-8-6-4-2)35-31-27-25-28-32-36-40(44)43-38-41(45)46/h5,7,11,13,16-17,20,22,29,33,39H,3-4,6,8-10,12,14-15,18-19,21,23-28,30-32,34-38H2,1-2H3,(H,43,44)(H,45,46)/b7-5-,13-11-,17-16-,22-20-,33-29-. The summed E-state index contributed by atoms with van der Waals surface area (Å²) >= 11 is 0. The van der Waals surface area contributed by atoms with Crippen molar-refractivity contribution in [2.75, 3.05) is 6.54 Å². The van der Waals surface area contributed by atoms with Gasteiger partial charge in [-0.2, -0.15) is 0 Å². The lowest BCUT2D eigenvalue weighted by Crippen LogP contribution is -2.28. The minimum Gasteiger partial charge on any atom is -0.480 e. The summed E-state index contributed by atoms with van der Waals surface area (Å²) in [5, 5.41) is 11.1. The van der Waals surface area contributed by atoms with E-state index in [1.807, 2.05) is 12.2 Å². The van der Waals surface area contributed by atoms with Gasteiger partial charge < -0.3 is 15.2 Å². The number of carboxylic acid groups (broad SMARTS) is 1. The van der Waals surface area contributed by atoms with Crippen LogP contribution in [0.25, 0.3) is 0 Å². The Balaban J connectivity index is 4.34. The quantitative estimate of drug-likeness (QED) is 0.0404. The van der Waals surface area contributed by atoms with Gasteiger partial charge in [0.1, 0.15) is 12.6 Å². The molecule has 48 heavy (non-hydrogen) atoms. The fourth-order valence-electron chi connectivity index (χ4n) is 5.41. The first-order valence-electron chi connectivity index (χ1n) is 19.4. The van der Waals surface area contributed by atoms with Gasteiger partial charge in [-0.3, -0.25) is 14.4 Å². The van der Waals surface area contributed by atoms with E-state index in [2.05, 4.69) is 67.8 Å². The van der Waals surface area contributed by atoms with Gasteiger partial charge >= 0.3 is 11.9 Å². The highest BCUT2D eigenvalue weighted by atomic mass is 16.5. The molecule has 0 aromatic carbocycles. The molecule has 1 unspecified atom stereocenters. The van der Waals surface area contributed by atoms with Crippen LogP contribution in [0.5, 0.6) is 0 Å². The zero-order chi connectivity index (χ0) is 35.2. The Kier molecular flexibility index (Phi) is 34.7. The highest BCUT2D eigenvalue weighted by molar-refractivity contribution is 5.80. The van der Waals surface area contributed by atoms with E-state index < -0.39 is 5.97 Å². The molecule has 6 heteroatoms. The number of carboxylic acids is 1. The second-order valence-electron chi connectivity index (χ2n) is 12.8. The van der Waals surface area contributed by atoms with Crippen molar-refractivity contribution in [2.24, 2.45) is 0 Å². The molecule has 0 saturated carbocycles. The van der Waals surface area contributed by atoms with Crippen molar-refractivity contribution in [1.82, 2.24) is 5.32 Å². The fraction of sp³-hybridized carbons (Fsp3) is 0.690. The van der Waals surface area contributed by atoms with Crippen LogP contribution in [0.2, 0.25) is 0 Å². The van der Waals surface area contributed by atoms with Gasteiger partial charge in [-0.25, -0.2) is 0 Å². The van der Waals surface area contributed by atoms with Crippen molar-refractivity contribution in [3.63, 3.8) is 0 Å². The molecule has 0 spiro atoms. The number of rotatable bonds is 34. The van der Waals surface area contributed by atoms with Crippen LogP contribution in [0.15, 0.2) is 60.8 Å². The number of esters is 1. The first-order valence-corrected chi connectivity index (χ1v) is 19.4. The Hall–Kier alpha value is -2.89. The number of hydrogen-bond acceptors (Lipinski definition) is 4. The van der Waals surface area contributed by atoms with Crippen molar-refractivity contribution >= 4 is 17.8 Å². The molecule has 274 valence electrons. The van der Waals surface area contributed by atoms with E-state index in [9.17, 15) is 14.4 Å². The largest absolute Gasteiger partial charge is 0.480 e. The van der Waals surface area contributed by atoms with Crippen LogP contribution >= 0.6 is 0 Å². The average molecular weight is 670 g/mol. The van der Waals surface area contributed by atoms with Crippen LogP contribution in [0.3, 0.4) is 0 Å². The lowest BCUT2D eigenvalue weighted by atomic mass is 10.0. The van der Waals surface area contributed by atoms with Crippen molar-refractivity contribution in [2.45, 2.75) is 180 Å². The van der Waals surface area contributed by atoms with E-state index in [1.165, 1.54) is 64.2 Å². The summed E-state index contributed by atoms with van der Waals surface area (Å²) in [5.74, 6) is -1.37. The number of amides is 1. The molecule has 1 atom stereocenters. The molecule has 0 aliphatic heterocycles. The van der Waals surface area contributed by atoms with Gasteiger partial charge in [0.2, 0.25) is 5.91 Å². The molecule has 0 aromatic heterocycles. The lowest BCUT2D eigenvalue weighted by molar-refractivity contribution is -0.148. The number of carbonyl (C=O) groups excluding carboxylic acids is 2. The van der Waals surface area contributed by atoms with Gasteiger partial charge in [-0.1, -0.05) is 158 Å². The van der Waals surface area contributed by atoms with Crippen LogP contribution in [-0.4, -0.2) is 35.6 Å². The second-order valence-corrected chi connectivity index (χ2v) is 12.8. The minimum atomic E-state index is -1.02. The molecule has 0 aliphatic carbocycles. The third-order valence-corrected chi connectivity index (χ3v) is 8.24. The molecule has 2 N–H and O–H groups in total. The fourth-order valence-corrected chi connectivity index (χ4v) is 5.41. The van der Waals surface area contributed by atoms with E-state index >= 15 is 0 Å². The number of allylic oxidation sites excluding steroid dienone is 9. The summed E-state index contributed by atoms with van der Waals surface area (Å²) in [7, 11) is 0. The molecule has 0 aliphatic rings. The Morgan fingerprint density at radius 1 is 0.562 bits per heavy atom. The Bertz CT molecular complexity index is 917.